The molecule has 1 atom stereocenters. The second-order valence-corrected chi connectivity index (χ2v) is 8.95. The normalized spacial score (nSPS) is 15.7. The summed E-state index contributed by atoms with van der Waals surface area (Å²) in [6.45, 7) is 5.06. The van der Waals surface area contributed by atoms with E-state index in [1.165, 1.54) is 0 Å². The number of piperazine rings is 1. The largest absolute Gasteiger partial charge is 0.361 e. The first-order valence-corrected chi connectivity index (χ1v) is 11.4. The fourth-order valence-electron chi connectivity index (χ4n) is 4.03. The van der Waals surface area contributed by atoms with E-state index >= 15 is 0 Å². The van der Waals surface area contributed by atoms with Gasteiger partial charge in [-0.1, -0.05) is 46.3 Å². The van der Waals surface area contributed by atoms with Crippen molar-refractivity contribution in [3.8, 4) is 0 Å². The maximum atomic E-state index is 12.8. The molecule has 2 heterocycles. The number of halogens is 1. The highest BCUT2D eigenvalue weighted by Crippen LogP contribution is 2.19. The minimum Gasteiger partial charge on any atom is -0.361 e. The van der Waals surface area contributed by atoms with E-state index in [0.29, 0.717) is 39.1 Å². The Morgan fingerprint density at radius 1 is 1.06 bits per heavy atom. The van der Waals surface area contributed by atoms with Crippen LogP contribution in [0.1, 0.15) is 24.1 Å². The molecular weight excluding hydrogens is 456 g/mol. The Labute approximate surface area is 190 Å². The van der Waals surface area contributed by atoms with Gasteiger partial charge in [0.2, 0.25) is 11.8 Å². The Morgan fingerprint density at radius 3 is 2.52 bits per heavy atom. The number of para-hydroxylation sites is 1. The van der Waals surface area contributed by atoms with Gasteiger partial charge in [0.25, 0.3) is 0 Å². The highest BCUT2D eigenvalue weighted by molar-refractivity contribution is 9.10. The molecule has 0 saturated carbocycles. The topological polar surface area (TPSA) is 68.4 Å². The standard InChI is InChI=1S/C24H27BrN4O2/c1-17(18-6-8-20(25)9-7-18)27-23(30)16-28-10-12-29(13-11-28)24(31)14-19-15-26-22-5-3-2-4-21(19)22/h2-9,15,17,26H,10-14,16H2,1H3,(H,27,30). The predicted molar refractivity (Wildman–Crippen MR) is 126 cm³/mol. The van der Waals surface area contributed by atoms with Gasteiger partial charge in [0.05, 0.1) is 19.0 Å². The zero-order valence-electron chi connectivity index (χ0n) is 17.6. The second-order valence-electron chi connectivity index (χ2n) is 8.03. The third-order valence-corrected chi connectivity index (χ3v) is 6.38. The molecule has 4 rings (SSSR count). The van der Waals surface area contributed by atoms with Gasteiger partial charge in [0.15, 0.2) is 0 Å². The van der Waals surface area contributed by atoms with Crippen molar-refractivity contribution in [1.82, 2.24) is 20.1 Å². The maximum absolute atomic E-state index is 12.8. The molecule has 2 aromatic carbocycles. The molecule has 31 heavy (non-hydrogen) atoms. The smallest absolute Gasteiger partial charge is 0.234 e. The van der Waals surface area contributed by atoms with Gasteiger partial charge in [-0.15, -0.1) is 0 Å². The van der Waals surface area contributed by atoms with E-state index in [9.17, 15) is 9.59 Å². The first-order valence-electron chi connectivity index (χ1n) is 10.6. The van der Waals surface area contributed by atoms with Crippen molar-refractivity contribution in [2.24, 2.45) is 0 Å². The molecule has 1 aromatic heterocycles. The zero-order valence-corrected chi connectivity index (χ0v) is 19.2. The molecule has 162 valence electrons. The Hall–Kier alpha value is -2.64. The van der Waals surface area contributed by atoms with E-state index in [2.05, 4.69) is 31.1 Å². The van der Waals surface area contributed by atoms with Crippen molar-refractivity contribution >= 4 is 38.6 Å². The molecule has 0 bridgehead atoms. The van der Waals surface area contributed by atoms with Crippen LogP contribution >= 0.6 is 15.9 Å². The number of H-pyrrole nitrogens is 1. The van der Waals surface area contributed by atoms with Crippen LogP contribution in [0.25, 0.3) is 10.9 Å². The van der Waals surface area contributed by atoms with Crippen LogP contribution < -0.4 is 5.32 Å². The lowest BCUT2D eigenvalue weighted by molar-refractivity contribution is -0.132. The number of nitrogens with zero attached hydrogens (tertiary/aromatic N) is 2. The molecule has 3 aromatic rings. The van der Waals surface area contributed by atoms with Crippen LogP contribution in [0.5, 0.6) is 0 Å². The van der Waals surface area contributed by atoms with Crippen molar-refractivity contribution in [1.29, 1.82) is 0 Å². The SMILES string of the molecule is CC(NC(=O)CN1CCN(C(=O)Cc2c[nH]c3ccccc23)CC1)c1ccc(Br)cc1. The molecule has 1 saturated heterocycles. The summed E-state index contributed by atoms with van der Waals surface area (Å²) in [5.41, 5.74) is 3.16. The summed E-state index contributed by atoms with van der Waals surface area (Å²) in [6, 6.07) is 16.0. The summed E-state index contributed by atoms with van der Waals surface area (Å²) in [4.78, 5) is 32.5. The number of hydrogen-bond donors (Lipinski definition) is 2. The molecule has 2 amide bonds. The summed E-state index contributed by atoms with van der Waals surface area (Å²) in [6.07, 6.45) is 2.32. The number of rotatable bonds is 6. The lowest BCUT2D eigenvalue weighted by Gasteiger charge is -2.34. The van der Waals surface area contributed by atoms with E-state index in [0.717, 1.165) is 26.5 Å². The van der Waals surface area contributed by atoms with Gasteiger partial charge in [-0.2, -0.15) is 0 Å². The fraction of sp³-hybridized carbons (Fsp3) is 0.333. The third kappa shape index (κ3) is 5.35. The number of fused-ring (bicyclic) bond motifs is 1. The summed E-state index contributed by atoms with van der Waals surface area (Å²) in [7, 11) is 0. The summed E-state index contributed by atoms with van der Waals surface area (Å²) < 4.78 is 1.02. The van der Waals surface area contributed by atoms with E-state index in [1.807, 2.05) is 66.6 Å². The molecule has 0 spiro atoms. The van der Waals surface area contributed by atoms with Crippen LogP contribution in [0.15, 0.2) is 59.2 Å². The van der Waals surface area contributed by atoms with Crippen molar-refractivity contribution < 1.29 is 9.59 Å². The number of aromatic nitrogens is 1. The fourth-order valence-corrected chi connectivity index (χ4v) is 4.30. The highest BCUT2D eigenvalue weighted by Gasteiger charge is 2.23. The van der Waals surface area contributed by atoms with Crippen LogP contribution in [-0.4, -0.2) is 59.3 Å². The number of aromatic amines is 1. The maximum Gasteiger partial charge on any atom is 0.234 e. The molecule has 2 N–H and O–H groups in total. The molecular formula is C24H27BrN4O2. The van der Waals surface area contributed by atoms with Crippen LogP contribution in [0.2, 0.25) is 0 Å². The van der Waals surface area contributed by atoms with Crippen molar-refractivity contribution in [3.05, 3.63) is 70.3 Å². The number of hydrogen-bond acceptors (Lipinski definition) is 3. The molecule has 6 nitrogen and oxygen atoms in total. The minimum absolute atomic E-state index is 0.00832. The molecule has 1 aliphatic heterocycles. The summed E-state index contributed by atoms with van der Waals surface area (Å²) in [5, 5.41) is 4.17. The number of amides is 2. The number of carbonyl (C=O) groups is 2. The molecule has 0 radical (unpaired) electrons. The number of benzene rings is 2. The Kier molecular flexibility index (Phi) is 6.73. The molecule has 1 unspecified atom stereocenters. The first-order chi connectivity index (χ1) is 15.0. The van der Waals surface area contributed by atoms with Crippen LogP contribution in [0.4, 0.5) is 0 Å². The summed E-state index contributed by atoms with van der Waals surface area (Å²) in [5.74, 6) is 0.145. The molecule has 7 heteroatoms. The Balaban J connectivity index is 1.24. The zero-order chi connectivity index (χ0) is 21.8. The van der Waals surface area contributed by atoms with Crippen LogP contribution in [0.3, 0.4) is 0 Å². The monoisotopic (exact) mass is 482 g/mol. The Morgan fingerprint density at radius 2 is 1.77 bits per heavy atom. The first kappa shape index (κ1) is 21.6. The van der Waals surface area contributed by atoms with Gasteiger partial charge in [-0.25, -0.2) is 0 Å². The van der Waals surface area contributed by atoms with E-state index in [-0.39, 0.29) is 17.9 Å². The predicted octanol–water partition coefficient (Wildman–Crippen LogP) is 3.49. The molecule has 0 aliphatic carbocycles. The van der Waals surface area contributed by atoms with Crippen LogP contribution in [-0.2, 0) is 16.0 Å². The quantitative estimate of drug-likeness (QED) is 0.564. The number of nitrogens with one attached hydrogen (secondary N) is 2. The number of carbonyl (C=O) groups excluding carboxylic acids is 2. The van der Waals surface area contributed by atoms with Crippen molar-refractivity contribution in [2.45, 2.75) is 19.4 Å². The van der Waals surface area contributed by atoms with E-state index in [4.69, 9.17) is 0 Å². The molecule has 1 aliphatic rings. The van der Waals surface area contributed by atoms with Gasteiger partial charge in [-0.3, -0.25) is 14.5 Å². The second kappa shape index (κ2) is 9.66. The van der Waals surface area contributed by atoms with E-state index < -0.39 is 0 Å². The lowest BCUT2D eigenvalue weighted by Crippen LogP contribution is -2.51. The van der Waals surface area contributed by atoms with Gasteiger partial charge in [0, 0.05) is 47.8 Å². The third-order valence-electron chi connectivity index (χ3n) is 5.86. The minimum atomic E-state index is -0.0420. The summed E-state index contributed by atoms with van der Waals surface area (Å²) >= 11 is 3.43. The van der Waals surface area contributed by atoms with Crippen molar-refractivity contribution in [2.75, 3.05) is 32.7 Å². The highest BCUT2D eigenvalue weighted by atomic mass is 79.9. The van der Waals surface area contributed by atoms with Gasteiger partial charge < -0.3 is 15.2 Å². The van der Waals surface area contributed by atoms with Crippen LogP contribution in [0, 0.1) is 0 Å². The van der Waals surface area contributed by atoms with E-state index in [1.54, 1.807) is 0 Å². The van der Waals surface area contributed by atoms with Gasteiger partial charge in [-0.05, 0) is 36.2 Å². The average molecular weight is 483 g/mol. The lowest BCUT2D eigenvalue weighted by atomic mass is 10.1. The van der Waals surface area contributed by atoms with Gasteiger partial charge in [0.1, 0.15) is 0 Å². The van der Waals surface area contributed by atoms with Crippen molar-refractivity contribution in [3.63, 3.8) is 0 Å². The Bertz CT molecular complexity index is 1050. The average Bonchev–Trinajstić information content (AvgIpc) is 3.17. The molecule has 1 fully saturated rings. The van der Waals surface area contributed by atoms with Gasteiger partial charge >= 0.3 is 0 Å².